The summed E-state index contributed by atoms with van der Waals surface area (Å²) in [5.74, 6) is 0.302. The van der Waals surface area contributed by atoms with Crippen LogP contribution in [0.4, 0.5) is 10.5 Å². The molecule has 1 aliphatic carbocycles. The Labute approximate surface area is 248 Å². The van der Waals surface area contributed by atoms with Gasteiger partial charge in [0.15, 0.2) is 6.61 Å². The molecule has 4 fully saturated rings. The molecule has 5 rings (SSSR count). The normalized spacial score (nSPS) is 21.7. The number of ether oxygens (including phenoxy) is 2. The fourth-order valence-electron chi connectivity index (χ4n) is 6.44. The second kappa shape index (κ2) is 14.3. The lowest BCUT2D eigenvalue weighted by Crippen LogP contribution is -2.49. The minimum absolute atomic E-state index is 0.0725. The number of amides is 5. The highest BCUT2D eigenvalue weighted by atomic mass is 16.5. The van der Waals surface area contributed by atoms with Gasteiger partial charge < -0.3 is 19.7 Å². The van der Waals surface area contributed by atoms with Crippen LogP contribution in [0.25, 0.3) is 0 Å². The first-order valence-electron chi connectivity index (χ1n) is 15.6. The first-order chi connectivity index (χ1) is 20.3. The van der Waals surface area contributed by atoms with Gasteiger partial charge in [0.25, 0.3) is 5.91 Å². The third-order valence-electron chi connectivity index (χ3n) is 8.94. The molecule has 3 saturated heterocycles. The molecule has 0 aromatic heterocycles. The van der Waals surface area contributed by atoms with Crippen LogP contribution >= 0.6 is 0 Å². The summed E-state index contributed by atoms with van der Waals surface area (Å²) >= 11 is 0. The van der Waals surface area contributed by atoms with Crippen molar-refractivity contribution < 1.29 is 28.7 Å². The van der Waals surface area contributed by atoms with Gasteiger partial charge in [-0.3, -0.25) is 29.5 Å². The Balaban J connectivity index is 0.990. The van der Waals surface area contributed by atoms with Crippen molar-refractivity contribution in [3.05, 3.63) is 23.8 Å². The van der Waals surface area contributed by atoms with Crippen molar-refractivity contribution in [2.45, 2.75) is 89.4 Å². The molecule has 0 bridgehead atoms. The van der Waals surface area contributed by atoms with Crippen LogP contribution in [0.1, 0.15) is 69.8 Å². The van der Waals surface area contributed by atoms with Crippen molar-refractivity contribution in [2.75, 3.05) is 50.8 Å². The van der Waals surface area contributed by atoms with Crippen LogP contribution in [0, 0.1) is 6.92 Å². The number of likely N-dealkylation sites (tertiary alicyclic amines) is 2. The van der Waals surface area contributed by atoms with E-state index in [4.69, 9.17) is 9.47 Å². The molecule has 1 saturated carbocycles. The second-order valence-corrected chi connectivity index (χ2v) is 12.1. The van der Waals surface area contributed by atoms with E-state index in [1.807, 2.05) is 17.9 Å². The molecule has 3 heterocycles. The Bertz CT molecular complexity index is 1120. The molecule has 11 heteroatoms. The molecule has 0 unspecified atom stereocenters. The summed E-state index contributed by atoms with van der Waals surface area (Å²) in [6.07, 6.45) is 9.98. The molecule has 1 aromatic carbocycles. The number of nitrogens with zero attached hydrogens (tertiary/aromatic N) is 3. The first-order valence-corrected chi connectivity index (χ1v) is 15.6. The van der Waals surface area contributed by atoms with Crippen molar-refractivity contribution in [2.24, 2.45) is 0 Å². The fraction of sp³-hybridized carbons (Fsp3) is 0.677. The lowest BCUT2D eigenvalue weighted by Gasteiger charge is -2.37. The van der Waals surface area contributed by atoms with Crippen LogP contribution in [0.15, 0.2) is 18.2 Å². The molecular formula is C31H45N5O6. The predicted molar refractivity (Wildman–Crippen MR) is 157 cm³/mol. The Hall–Kier alpha value is -3.18. The largest absolute Gasteiger partial charge is 0.484 e. The Morgan fingerprint density at radius 3 is 2.31 bits per heavy atom. The van der Waals surface area contributed by atoms with E-state index in [0.29, 0.717) is 43.7 Å². The smallest absolute Gasteiger partial charge is 0.328 e. The van der Waals surface area contributed by atoms with Crippen LogP contribution in [-0.2, 0) is 19.1 Å². The zero-order valence-corrected chi connectivity index (χ0v) is 24.8. The quantitative estimate of drug-likeness (QED) is 0.459. The highest BCUT2D eigenvalue weighted by Crippen LogP contribution is 2.28. The SMILES string of the molecule is Cc1ccc(OCC(=O)N2CCC(OC3CCN(CC(=O)NC4CCCCC4)CC3)CC2)cc1N1CCC(=O)NC1=O. The predicted octanol–water partition coefficient (Wildman–Crippen LogP) is 2.74. The molecule has 4 aliphatic rings. The number of rotatable bonds is 9. The third-order valence-corrected chi connectivity index (χ3v) is 8.94. The highest BCUT2D eigenvalue weighted by Gasteiger charge is 2.29. The van der Waals surface area contributed by atoms with Crippen molar-refractivity contribution in [1.82, 2.24) is 20.4 Å². The van der Waals surface area contributed by atoms with E-state index in [1.54, 1.807) is 12.1 Å². The number of hydrogen-bond acceptors (Lipinski definition) is 7. The number of piperidine rings is 2. The topological polar surface area (TPSA) is 121 Å². The lowest BCUT2D eigenvalue weighted by atomic mass is 9.95. The number of anilines is 1. The number of aryl methyl sites for hydroxylation is 1. The van der Waals surface area contributed by atoms with Crippen molar-refractivity contribution in [1.29, 1.82) is 0 Å². The lowest BCUT2D eigenvalue weighted by molar-refractivity contribution is -0.137. The minimum atomic E-state index is -0.449. The van der Waals surface area contributed by atoms with Crippen molar-refractivity contribution >= 4 is 29.4 Å². The van der Waals surface area contributed by atoms with E-state index in [0.717, 1.165) is 57.2 Å². The number of imide groups is 1. The second-order valence-electron chi connectivity index (χ2n) is 12.1. The van der Waals surface area contributed by atoms with Crippen LogP contribution in [0.2, 0.25) is 0 Å². The maximum absolute atomic E-state index is 12.9. The van der Waals surface area contributed by atoms with Crippen LogP contribution in [-0.4, -0.2) is 97.7 Å². The van der Waals surface area contributed by atoms with Gasteiger partial charge in [-0.1, -0.05) is 25.3 Å². The third kappa shape index (κ3) is 8.22. The van der Waals surface area contributed by atoms with Crippen molar-refractivity contribution in [3.8, 4) is 5.75 Å². The van der Waals surface area contributed by atoms with E-state index in [-0.39, 0.29) is 43.0 Å². The zero-order valence-electron chi connectivity index (χ0n) is 24.8. The van der Waals surface area contributed by atoms with Gasteiger partial charge >= 0.3 is 6.03 Å². The van der Waals surface area contributed by atoms with Crippen molar-refractivity contribution in [3.63, 3.8) is 0 Å². The summed E-state index contributed by atoms with van der Waals surface area (Å²) in [6, 6.07) is 5.28. The zero-order chi connectivity index (χ0) is 29.5. The average Bonchev–Trinajstić information content (AvgIpc) is 2.99. The number of urea groups is 1. The molecule has 0 spiro atoms. The van der Waals surface area contributed by atoms with Gasteiger partial charge in [0.05, 0.1) is 24.4 Å². The number of carbonyl (C=O) groups is 4. The van der Waals surface area contributed by atoms with Crippen LogP contribution in [0.3, 0.4) is 0 Å². The monoisotopic (exact) mass is 583 g/mol. The molecule has 1 aromatic rings. The summed E-state index contributed by atoms with van der Waals surface area (Å²) in [5, 5.41) is 5.55. The molecule has 11 nitrogen and oxygen atoms in total. The standard InChI is InChI=1S/C31H45N5O6/c1-22-7-8-26(19-27(22)36-18-13-28(37)33-31(36)40)41-21-30(39)35-16-11-25(12-17-35)42-24-9-14-34(15-10-24)20-29(38)32-23-5-3-2-4-6-23/h7-8,19,23-25H,2-6,9-18,20-21H2,1H3,(H,32,38)(H,33,37,40). The van der Waals surface area contributed by atoms with Gasteiger partial charge in [-0.25, -0.2) is 4.79 Å². The maximum Gasteiger partial charge on any atom is 0.328 e. The Morgan fingerprint density at radius 1 is 0.929 bits per heavy atom. The molecule has 230 valence electrons. The summed E-state index contributed by atoms with van der Waals surface area (Å²) < 4.78 is 12.2. The summed E-state index contributed by atoms with van der Waals surface area (Å²) in [5.41, 5.74) is 1.54. The molecule has 2 N–H and O–H groups in total. The molecule has 0 atom stereocenters. The molecular weight excluding hydrogens is 538 g/mol. The summed E-state index contributed by atoms with van der Waals surface area (Å²) in [7, 11) is 0. The number of benzene rings is 1. The molecule has 42 heavy (non-hydrogen) atoms. The van der Waals surface area contributed by atoms with E-state index >= 15 is 0 Å². The van der Waals surface area contributed by atoms with Gasteiger partial charge in [-0.05, 0) is 57.1 Å². The van der Waals surface area contributed by atoms with E-state index in [9.17, 15) is 19.2 Å². The average molecular weight is 584 g/mol. The fourth-order valence-corrected chi connectivity index (χ4v) is 6.44. The van der Waals surface area contributed by atoms with Gasteiger partial charge in [0, 0.05) is 51.3 Å². The highest BCUT2D eigenvalue weighted by molar-refractivity contribution is 6.06. The van der Waals surface area contributed by atoms with Crippen LogP contribution in [0.5, 0.6) is 5.75 Å². The van der Waals surface area contributed by atoms with Gasteiger partial charge in [-0.15, -0.1) is 0 Å². The van der Waals surface area contributed by atoms with E-state index in [2.05, 4.69) is 15.5 Å². The van der Waals surface area contributed by atoms with E-state index in [1.165, 1.54) is 24.2 Å². The molecule has 0 radical (unpaired) electrons. The Kier molecular flexibility index (Phi) is 10.3. The van der Waals surface area contributed by atoms with Gasteiger partial charge in [0.2, 0.25) is 11.8 Å². The number of nitrogens with one attached hydrogen (secondary N) is 2. The maximum atomic E-state index is 12.9. The number of hydrogen-bond donors (Lipinski definition) is 2. The molecule has 5 amide bonds. The van der Waals surface area contributed by atoms with Gasteiger partial charge in [0.1, 0.15) is 5.75 Å². The van der Waals surface area contributed by atoms with E-state index < -0.39 is 6.03 Å². The summed E-state index contributed by atoms with van der Waals surface area (Å²) in [6.45, 7) is 5.61. The Morgan fingerprint density at radius 2 is 1.62 bits per heavy atom. The van der Waals surface area contributed by atoms with Crippen LogP contribution < -0.4 is 20.3 Å². The molecule has 3 aliphatic heterocycles. The van der Waals surface area contributed by atoms with Gasteiger partial charge in [-0.2, -0.15) is 0 Å². The summed E-state index contributed by atoms with van der Waals surface area (Å²) in [4.78, 5) is 54.7. The number of carbonyl (C=O) groups excluding carboxylic acids is 4. The first kappa shape index (κ1) is 30.3. The minimum Gasteiger partial charge on any atom is -0.484 e.